The Morgan fingerprint density at radius 3 is 2.00 bits per heavy atom. The van der Waals surface area contributed by atoms with Crippen molar-refractivity contribution < 1.29 is 23.6 Å². The molecule has 0 rings (SSSR count). The number of carbonyl (C=O) groups is 1. The summed E-state index contributed by atoms with van der Waals surface area (Å²) >= 11 is 0. The van der Waals surface area contributed by atoms with E-state index in [2.05, 4.69) is 0 Å². The van der Waals surface area contributed by atoms with Crippen LogP contribution in [0.3, 0.4) is 0 Å². The van der Waals surface area contributed by atoms with Crippen LogP contribution in [0.1, 0.15) is 0 Å². The van der Waals surface area contributed by atoms with E-state index in [0.29, 0.717) is 0 Å². The quantitative estimate of drug-likeness (QED) is 0.458. The SMILES string of the molecule is O=C(O)C(C(F)F)[N+](=O)[O-]. The second kappa shape index (κ2) is 3.04. The van der Waals surface area contributed by atoms with Gasteiger partial charge in [-0.15, -0.1) is 0 Å². The summed E-state index contributed by atoms with van der Waals surface area (Å²) in [5.41, 5.74) is 0. The van der Waals surface area contributed by atoms with Gasteiger partial charge in [0.05, 0.1) is 0 Å². The maximum Gasteiger partial charge on any atom is 0.385 e. The van der Waals surface area contributed by atoms with Gasteiger partial charge in [0.15, 0.2) is 0 Å². The lowest BCUT2D eigenvalue weighted by Crippen LogP contribution is -2.35. The second-order valence-electron chi connectivity index (χ2n) is 1.40. The molecule has 0 bridgehead atoms. The van der Waals surface area contributed by atoms with Crippen LogP contribution in [0.5, 0.6) is 0 Å². The van der Waals surface area contributed by atoms with Gasteiger partial charge >= 0.3 is 18.4 Å². The Balaban J connectivity index is 4.27. The molecule has 7 heteroatoms. The molecule has 10 heavy (non-hydrogen) atoms. The molecule has 0 spiro atoms. The van der Waals surface area contributed by atoms with E-state index >= 15 is 0 Å². The van der Waals surface area contributed by atoms with Gasteiger partial charge in [0.1, 0.15) is 0 Å². The zero-order valence-electron chi connectivity index (χ0n) is 4.53. The zero-order valence-corrected chi connectivity index (χ0v) is 4.53. The van der Waals surface area contributed by atoms with Crippen molar-refractivity contribution in [2.45, 2.75) is 12.5 Å². The van der Waals surface area contributed by atoms with Crippen molar-refractivity contribution in [3.8, 4) is 0 Å². The van der Waals surface area contributed by atoms with Crippen LogP contribution in [0.25, 0.3) is 0 Å². The van der Waals surface area contributed by atoms with Crippen molar-refractivity contribution in [3.63, 3.8) is 0 Å². The first-order valence-corrected chi connectivity index (χ1v) is 2.11. The summed E-state index contributed by atoms with van der Waals surface area (Å²) in [4.78, 5) is 17.7. The average molecular weight is 155 g/mol. The van der Waals surface area contributed by atoms with Gasteiger partial charge < -0.3 is 5.11 Å². The van der Waals surface area contributed by atoms with Crippen LogP contribution in [0.4, 0.5) is 8.78 Å². The number of carboxylic acid groups (broad SMARTS) is 1. The fraction of sp³-hybridized carbons (Fsp3) is 0.667. The molecule has 0 aliphatic carbocycles. The third-order valence-corrected chi connectivity index (χ3v) is 0.719. The van der Waals surface area contributed by atoms with Gasteiger partial charge in [-0.2, -0.15) is 0 Å². The number of carboxylic acids is 1. The first-order chi connectivity index (χ1) is 4.46. The number of nitrogens with zero attached hydrogens (tertiary/aromatic N) is 1. The molecule has 0 aromatic heterocycles. The first kappa shape index (κ1) is 8.73. The Morgan fingerprint density at radius 1 is 1.60 bits per heavy atom. The van der Waals surface area contributed by atoms with Crippen LogP contribution in [-0.4, -0.2) is 28.5 Å². The lowest BCUT2D eigenvalue weighted by Gasteiger charge is -2.00. The fourth-order valence-electron chi connectivity index (χ4n) is 0.290. The van der Waals surface area contributed by atoms with Gasteiger partial charge in [0.2, 0.25) is 0 Å². The number of rotatable bonds is 3. The van der Waals surface area contributed by atoms with Crippen LogP contribution in [0.2, 0.25) is 0 Å². The maximum atomic E-state index is 11.4. The molecule has 0 radical (unpaired) electrons. The number of hydrogen-bond acceptors (Lipinski definition) is 3. The van der Waals surface area contributed by atoms with Gasteiger partial charge in [-0.1, -0.05) is 0 Å². The van der Waals surface area contributed by atoms with Crippen molar-refractivity contribution in [3.05, 3.63) is 10.1 Å². The van der Waals surface area contributed by atoms with Crippen molar-refractivity contribution in [1.29, 1.82) is 0 Å². The number of halogens is 2. The summed E-state index contributed by atoms with van der Waals surface area (Å²) in [6.45, 7) is 0. The van der Waals surface area contributed by atoms with Gasteiger partial charge in [-0.25, -0.2) is 13.6 Å². The number of alkyl halides is 2. The molecule has 0 aliphatic rings. The molecule has 0 saturated heterocycles. The summed E-state index contributed by atoms with van der Waals surface area (Å²) in [7, 11) is 0. The number of hydrogen-bond donors (Lipinski definition) is 1. The Morgan fingerprint density at radius 2 is 2.00 bits per heavy atom. The summed E-state index contributed by atoms with van der Waals surface area (Å²) < 4.78 is 22.8. The van der Waals surface area contributed by atoms with Gasteiger partial charge in [0.25, 0.3) is 0 Å². The predicted molar refractivity (Wildman–Crippen MR) is 24.4 cm³/mol. The molecule has 1 N–H and O–H groups in total. The highest BCUT2D eigenvalue weighted by Gasteiger charge is 2.39. The predicted octanol–water partition coefficient (Wildman–Crippen LogP) is -0.0186. The highest BCUT2D eigenvalue weighted by atomic mass is 19.3. The lowest BCUT2D eigenvalue weighted by molar-refractivity contribution is -0.524. The smallest absolute Gasteiger partial charge is 0.385 e. The molecule has 0 aromatic rings. The number of nitro groups is 1. The molecular formula is C3H3F2NO4. The van der Waals surface area contributed by atoms with E-state index < -0.39 is 23.4 Å². The molecule has 0 saturated carbocycles. The topological polar surface area (TPSA) is 80.4 Å². The molecule has 0 fully saturated rings. The van der Waals surface area contributed by atoms with Crippen molar-refractivity contribution >= 4 is 5.97 Å². The van der Waals surface area contributed by atoms with E-state index in [1.165, 1.54) is 0 Å². The molecule has 5 nitrogen and oxygen atoms in total. The van der Waals surface area contributed by atoms with E-state index in [0.717, 1.165) is 0 Å². The monoisotopic (exact) mass is 155 g/mol. The standard InChI is InChI=1S/C3H3F2NO4/c4-2(5)1(3(7)8)6(9)10/h1-2H,(H,7,8). The normalized spacial score (nSPS) is 13.1. The molecule has 0 amide bonds. The van der Waals surface area contributed by atoms with E-state index in [9.17, 15) is 23.7 Å². The summed E-state index contributed by atoms with van der Waals surface area (Å²) in [5.74, 6) is -2.12. The fourth-order valence-corrected chi connectivity index (χ4v) is 0.290. The first-order valence-electron chi connectivity index (χ1n) is 2.11. The summed E-state index contributed by atoms with van der Waals surface area (Å²) in [5, 5.41) is 17.3. The summed E-state index contributed by atoms with van der Waals surface area (Å²) in [6.07, 6.45) is -3.47. The zero-order chi connectivity index (χ0) is 8.31. The van der Waals surface area contributed by atoms with Crippen LogP contribution in [-0.2, 0) is 4.79 Å². The second-order valence-corrected chi connectivity index (χ2v) is 1.40. The molecule has 1 atom stereocenters. The Hall–Kier alpha value is -1.27. The molecule has 1 unspecified atom stereocenters. The Kier molecular flexibility index (Phi) is 2.65. The van der Waals surface area contributed by atoms with E-state index in [4.69, 9.17) is 5.11 Å². The number of aliphatic carboxylic acids is 1. The molecular weight excluding hydrogens is 152 g/mol. The van der Waals surface area contributed by atoms with Gasteiger partial charge in [-0.05, 0) is 0 Å². The maximum absolute atomic E-state index is 11.4. The highest BCUT2D eigenvalue weighted by molar-refractivity contribution is 5.72. The van der Waals surface area contributed by atoms with Crippen molar-refractivity contribution in [1.82, 2.24) is 0 Å². The third kappa shape index (κ3) is 1.92. The van der Waals surface area contributed by atoms with E-state index in [1.807, 2.05) is 0 Å². The minimum atomic E-state index is -3.47. The highest BCUT2D eigenvalue weighted by Crippen LogP contribution is 2.03. The van der Waals surface area contributed by atoms with E-state index in [-0.39, 0.29) is 0 Å². The van der Waals surface area contributed by atoms with Crippen molar-refractivity contribution in [2.75, 3.05) is 0 Å². The lowest BCUT2D eigenvalue weighted by atomic mass is 10.3. The minimum absolute atomic E-state index is 1.53. The van der Waals surface area contributed by atoms with Crippen molar-refractivity contribution in [2.24, 2.45) is 0 Å². The van der Waals surface area contributed by atoms with Gasteiger partial charge in [0, 0.05) is 4.92 Å². The summed E-state index contributed by atoms with van der Waals surface area (Å²) in [6, 6.07) is -2.81. The molecule has 58 valence electrons. The largest absolute Gasteiger partial charge is 0.476 e. The van der Waals surface area contributed by atoms with E-state index in [1.54, 1.807) is 0 Å². The Bertz CT molecular complexity index is 145. The van der Waals surface area contributed by atoms with Gasteiger partial charge in [-0.3, -0.25) is 10.1 Å². The average Bonchev–Trinajstić information content (AvgIpc) is 1.59. The third-order valence-electron chi connectivity index (χ3n) is 0.719. The van der Waals surface area contributed by atoms with Crippen LogP contribution >= 0.6 is 0 Å². The molecule has 0 heterocycles. The van der Waals surface area contributed by atoms with Crippen LogP contribution in [0, 0.1) is 10.1 Å². The Labute approximate surface area is 53.4 Å². The molecule has 0 aromatic carbocycles. The van der Waals surface area contributed by atoms with Crippen LogP contribution < -0.4 is 0 Å². The molecule has 0 aliphatic heterocycles. The van der Waals surface area contributed by atoms with Crippen LogP contribution in [0.15, 0.2) is 0 Å². The minimum Gasteiger partial charge on any atom is -0.476 e.